The molecule has 0 rings (SSSR count). The van der Waals surface area contributed by atoms with Crippen molar-refractivity contribution in [3.63, 3.8) is 0 Å². The predicted octanol–water partition coefficient (Wildman–Crippen LogP) is 2.84. The Balaban J connectivity index is 6.05. The van der Waals surface area contributed by atoms with Crippen LogP contribution in [0.2, 0.25) is 0 Å². The van der Waals surface area contributed by atoms with Crippen LogP contribution in [0.1, 0.15) is 26.7 Å². The number of ether oxygens (including phenoxy) is 1. The van der Waals surface area contributed by atoms with Crippen LogP contribution in [0.3, 0.4) is 0 Å². The summed E-state index contributed by atoms with van der Waals surface area (Å²) in [7, 11) is -5.86. The van der Waals surface area contributed by atoms with Crippen LogP contribution in [0.25, 0.3) is 0 Å². The largest absolute Gasteiger partial charge is 0.438 e. The van der Waals surface area contributed by atoms with E-state index in [9.17, 15) is 44.3 Å². The van der Waals surface area contributed by atoms with E-state index in [1.54, 1.807) is 0 Å². The van der Waals surface area contributed by atoms with Gasteiger partial charge in [-0.3, -0.25) is 14.1 Å². The molecule has 1 unspecified atom stereocenters. The van der Waals surface area contributed by atoms with Gasteiger partial charge in [-0.1, -0.05) is 13.5 Å². The van der Waals surface area contributed by atoms with Crippen LogP contribution in [0.4, 0.5) is 26.3 Å². The Hall–Kier alpha value is -1.63. The maximum Gasteiger partial charge on any atom is 0.438 e. The number of Topliss-reactive ketones (excluding diaryl/α,β-unsaturated/α-hetero) is 1. The molecule has 0 saturated heterocycles. The van der Waals surface area contributed by atoms with E-state index in [1.165, 1.54) is 13.8 Å². The molecule has 1 atom stereocenters. The van der Waals surface area contributed by atoms with E-state index in [0.717, 1.165) is 0 Å². The molecule has 0 fully saturated rings. The Morgan fingerprint density at radius 3 is 1.81 bits per heavy atom. The van der Waals surface area contributed by atoms with Gasteiger partial charge in [-0.2, -0.15) is 34.8 Å². The molecule has 0 amide bonds. The average Bonchev–Trinajstić information content (AvgIpc) is 2.39. The minimum absolute atomic E-state index is 0.0907. The Kier molecular flexibility index (Phi) is 7.45. The van der Waals surface area contributed by atoms with Crippen LogP contribution in [-0.4, -0.2) is 48.4 Å². The smallest absolute Gasteiger partial charge is 0.438 e. The van der Waals surface area contributed by atoms with Gasteiger partial charge in [-0.05, 0) is 18.9 Å². The molecular formula is C13H16F6O6S. The van der Waals surface area contributed by atoms with Gasteiger partial charge in [0, 0.05) is 6.42 Å². The lowest BCUT2D eigenvalue weighted by molar-refractivity contribution is -0.362. The number of carbonyl (C=O) groups excluding carboxylic acids is 2. The molecule has 0 radical (unpaired) electrons. The number of alkyl halides is 6. The van der Waals surface area contributed by atoms with E-state index in [0.29, 0.717) is 0 Å². The highest BCUT2D eigenvalue weighted by molar-refractivity contribution is 7.85. The Labute approximate surface area is 144 Å². The minimum atomic E-state index is -6.41. The molecule has 0 bridgehead atoms. The van der Waals surface area contributed by atoms with Crippen LogP contribution in [0.15, 0.2) is 12.2 Å². The van der Waals surface area contributed by atoms with E-state index in [1.807, 2.05) is 0 Å². The van der Waals surface area contributed by atoms with Gasteiger partial charge in [0.1, 0.15) is 5.75 Å². The number of esters is 1. The summed E-state index contributed by atoms with van der Waals surface area (Å²) in [6.07, 6.45) is -14.0. The lowest BCUT2D eigenvalue weighted by Crippen LogP contribution is -2.63. The quantitative estimate of drug-likeness (QED) is 0.284. The maximum absolute atomic E-state index is 13.1. The first-order valence-electron chi connectivity index (χ1n) is 6.88. The number of halogens is 6. The van der Waals surface area contributed by atoms with Gasteiger partial charge >= 0.3 is 23.9 Å². The van der Waals surface area contributed by atoms with Gasteiger partial charge in [-0.25, -0.2) is 0 Å². The van der Waals surface area contributed by atoms with Crippen molar-refractivity contribution in [3.05, 3.63) is 12.2 Å². The second-order valence-electron chi connectivity index (χ2n) is 5.48. The van der Waals surface area contributed by atoms with Crippen LogP contribution in [0.5, 0.6) is 0 Å². The van der Waals surface area contributed by atoms with Crippen LogP contribution < -0.4 is 0 Å². The van der Waals surface area contributed by atoms with Crippen LogP contribution in [-0.2, 0) is 24.4 Å². The van der Waals surface area contributed by atoms with E-state index in [4.69, 9.17) is 4.55 Å². The summed E-state index contributed by atoms with van der Waals surface area (Å²) in [5.74, 6) is -7.55. The van der Waals surface area contributed by atoms with Crippen molar-refractivity contribution in [2.24, 2.45) is 5.92 Å². The topological polar surface area (TPSA) is 97.7 Å². The molecule has 0 aromatic heterocycles. The van der Waals surface area contributed by atoms with Crippen molar-refractivity contribution < 1.29 is 53.6 Å². The monoisotopic (exact) mass is 414 g/mol. The number of hydrogen-bond donors (Lipinski definition) is 1. The van der Waals surface area contributed by atoms with Crippen LogP contribution >= 0.6 is 0 Å². The Morgan fingerprint density at radius 2 is 1.54 bits per heavy atom. The summed E-state index contributed by atoms with van der Waals surface area (Å²) >= 11 is 0. The number of allylic oxidation sites excluding steroid dienone is 1. The van der Waals surface area contributed by atoms with E-state index >= 15 is 0 Å². The normalized spacial score (nSPS) is 14.7. The number of ketones is 1. The second kappa shape index (κ2) is 7.94. The van der Waals surface area contributed by atoms with Gasteiger partial charge in [0.25, 0.3) is 10.1 Å². The Bertz CT molecular complexity index is 650. The fraction of sp³-hybridized carbons (Fsp3) is 0.692. The number of rotatable bonds is 8. The van der Waals surface area contributed by atoms with Gasteiger partial charge in [0.05, 0.1) is 5.92 Å². The summed E-state index contributed by atoms with van der Waals surface area (Å²) in [5, 5.41) is 0. The van der Waals surface area contributed by atoms with E-state index < -0.39 is 57.9 Å². The third-order valence-corrected chi connectivity index (χ3v) is 4.08. The highest BCUT2D eigenvalue weighted by atomic mass is 32.2. The maximum atomic E-state index is 13.1. The summed E-state index contributed by atoms with van der Waals surface area (Å²) in [5.41, 5.74) is -5.57. The molecule has 0 heterocycles. The van der Waals surface area contributed by atoms with Gasteiger partial charge in [0.2, 0.25) is 0 Å². The molecule has 0 spiro atoms. The molecular weight excluding hydrogens is 398 g/mol. The second-order valence-corrected chi connectivity index (χ2v) is 6.94. The molecule has 0 aliphatic heterocycles. The van der Waals surface area contributed by atoms with Crippen molar-refractivity contribution in [1.29, 1.82) is 0 Å². The average molecular weight is 414 g/mol. The summed E-state index contributed by atoms with van der Waals surface area (Å²) < 4.78 is 112. The zero-order valence-electron chi connectivity index (χ0n) is 13.6. The molecule has 0 aliphatic rings. The van der Waals surface area contributed by atoms with Crippen molar-refractivity contribution >= 4 is 21.9 Å². The fourth-order valence-corrected chi connectivity index (χ4v) is 2.67. The molecule has 0 aromatic carbocycles. The van der Waals surface area contributed by atoms with E-state index in [2.05, 4.69) is 11.3 Å². The number of carbonyl (C=O) groups is 2. The lowest BCUT2D eigenvalue weighted by atomic mass is 9.96. The minimum Gasteiger partial charge on any atom is -0.438 e. The van der Waals surface area contributed by atoms with Crippen molar-refractivity contribution in [2.45, 2.75) is 44.6 Å². The van der Waals surface area contributed by atoms with Gasteiger partial charge < -0.3 is 4.74 Å². The predicted molar refractivity (Wildman–Crippen MR) is 75.6 cm³/mol. The summed E-state index contributed by atoms with van der Waals surface area (Å²) in [6.45, 7) is 5.64. The highest BCUT2D eigenvalue weighted by Gasteiger charge is 2.76. The molecule has 6 nitrogen and oxygen atoms in total. The van der Waals surface area contributed by atoms with Gasteiger partial charge in [0.15, 0.2) is 5.78 Å². The zero-order valence-corrected chi connectivity index (χ0v) is 14.4. The molecule has 0 saturated carbocycles. The first-order chi connectivity index (χ1) is 11.4. The van der Waals surface area contributed by atoms with Crippen molar-refractivity contribution in [3.8, 4) is 0 Å². The number of hydrogen-bond acceptors (Lipinski definition) is 5. The standard InChI is InChI=1S/C13H16F6O6S/c1-4-8(5-9(20)7(2)3)10(21)25-11(12(14,15)16,13(17,18)19)6-26(22,23)24/h8H,2,4-6H2,1,3H3,(H,22,23,24). The van der Waals surface area contributed by atoms with Gasteiger partial charge in [-0.15, -0.1) is 0 Å². The Morgan fingerprint density at radius 1 is 1.12 bits per heavy atom. The van der Waals surface area contributed by atoms with Crippen LogP contribution in [0, 0.1) is 5.92 Å². The van der Waals surface area contributed by atoms with E-state index in [-0.39, 0.29) is 12.0 Å². The third-order valence-electron chi connectivity index (χ3n) is 3.31. The first-order valence-corrected chi connectivity index (χ1v) is 8.49. The molecule has 13 heteroatoms. The zero-order chi connectivity index (χ0) is 21.1. The fourth-order valence-electron chi connectivity index (χ4n) is 1.77. The lowest BCUT2D eigenvalue weighted by Gasteiger charge is -2.36. The molecule has 0 aromatic rings. The SMILES string of the molecule is C=C(C)C(=O)CC(CC)C(=O)OC(CS(=O)(=O)O)(C(F)(F)F)C(F)(F)F. The summed E-state index contributed by atoms with van der Waals surface area (Å²) in [4.78, 5) is 23.4. The molecule has 0 aliphatic carbocycles. The first kappa shape index (κ1) is 24.4. The van der Waals surface area contributed by atoms with Crippen molar-refractivity contribution in [1.82, 2.24) is 0 Å². The molecule has 152 valence electrons. The molecule has 1 N–H and O–H groups in total. The molecule has 26 heavy (non-hydrogen) atoms. The summed E-state index contributed by atoms with van der Waals surface area (Å²) in [6, 6.07) is 0. The highest BCUT2D eigenvalue weighted by Crippen LogP contribution is 2.47. The van der Waals surface area contributed by atoms with Crippen molar-refractivity contribution in [2.75, 3.05) is 5.75 Å². The third kappa shape index (κ3) is 5.97.